The summed E-state index contributed by atoms with van der Waals surface area (Å²) in [7, 11) is 0. The van der Waals surface area contributed by atoms with Gasteiger partial charge in [-0.15, -0.1) is 0 Å². The van der Waals surface area contributed by atoms with Gasteiger partial charge < -0.3 is 44.5 Å². The van der Waals surface area contributed by atoms with Gasteiger partial charge in [0, 0.05) is 12.3 Å². The van der Waals surface area contributed by atoms with Crippen molar-refractivity contribution in [3.05, 3.63) is 0 Å². The summed E-state index contributed by atoms with van der Waals surface area (Å²) in [6.45, 7) is 16.7. The van der Waals surface area contributed by atoms with Crippen LogP contribution < -0.4 is 0 Å². The van der Waals surface area contributed by atoms with Gasteiger partial charge in [0.2, 0.25) is 0 Å². The number of carbonyl (C=O) groups is 1. The van der Waals surface area contributed by atoms with Gasteiger partial charge in [-0.3, -0.25) is 4.79 Å². The van der Waals surface area contributed by atoms with Crippen molar-refractivity contribution < 1.29 is 49.3 Å². The number of esters is 1. The van der Waals surface area contributed by atoms with Crippen LogP contribution in [0.25, 0.3) is 0 Å². The number of hydrogen-bond acceptors (Lipinski definition) is 10. The van der Waals surface area contributed by atoms with Crippen LogP contribution in [0, 0.1) is 50.7 Å². The Morgan fingerprint density at radius 2 is 1.51 bits per heavy atom. The number of rotatable bonds is 7. The first-order valence-electron chi connectivity index (χ1n) is 18.3. The zero-order valence-electron chi connectivity index (χ0n) is 29.6. The zero-order chi connectivity index (χ0) is 34.3. The van der Waals surface area contributed by atoms with E-state index in [1.54, 1.807) is 0 Å². The van der Waals surface area contributed by atoms with Crippen LogP contribution in [0.4, 0.5) is 0 Å². The van der Waals surface area contributed by atoms with Crippen LogP contribution in [-0.4, -0.2) is 98.8 Å². The molecule has 5 N–H and O–H groups in total. The molecule has 7 fully saturated rings. The molecule has 2 aliphatic heterocycles. The van der Waals surface area contributed by atoms with E-state index in [2.05, 4.69) is 34.6 Å². The van der Waals surface area contributed by atoms with Crippen LogP contribution in [0.5, 0.6) is 0 Å². The maximum Gasteiger partial charge on any atom is 0.302 e. The van der Waals surface area contributed by atoms with E-state index in [1.165, 1.54) is 6.92 Å². The van der Waals surface area contributed by atoms with Crippen molar-refractivity contribution in [2.75, 3.05) is 6.61 Å². The molecule has 0 unspecified atom stereocenters. The zero-order valence-corrected chi connectivity index (χ0v) is 29.6. The first-order chi connectivity index (χ1) is 21.8. The Morgan fingerprint density at radius 1 is 0.872 bits per heavy atom. The second-order valence-corrected chi connectivity index (χ2v) is 18.6. The second kappa shape index (κ2) is 10.8. The summed E-state index contributed by atoms with van der Waals surface area (Å²) in [5.74, 6) is 0.240. The van der Waals surface area contributed by atoms with Gasteiger partial charge in [0.05, 0.1) is 30.5 Å². The summed E-state index contributed by atoms with van der Waals surface area (Å²) in [4.78, 5) is 12.1. The van der Waals surface area contributed by atoms with Crippen molar-refractivity contribution in [3.63, 3.8) is 0 Å². The number of ether oxygens (including phenoxy) is 4. The minimum Gasteiger partial charge on any atom is -0.460 e. The highest BCUT2D eigenvalue weighted by Crippen LogP contribution is 2.89. The van der Waals surface area contributed by atoms with Gasteiger partial charge in [0.15, 0.2) is 6.29 Å². The van der Waals surface area contributed by atoms with Crippen molar-refractivity contribution in [2.24, 2.45) is 50.7 Å². The lowest BCUT2D eigenvalue weighted by Crippen LogP contribution is -2.61. The lowest BCUT2D eigenvalue weighted by atomic mass is 9.41. The van der Waals surface area contributed by atoms with Crippen molar-refractivity contribution in [1.29, 1.82) is 0 Å². The van der Waals surface area contributed by atoms with E-state index in [1.807, 2.05) is 13.8 Å². The van der Waals surface area contributed by atoms with E-state index in [9.17, 15) is 30.3 Å². The van der Waals surface area contributed by atoms with E-state index in [0.717, 1.165) is 44.9 Å². The Balaban J connectivity index is 1.12. The predicted molar refractivity (Wildman–Crippen MR) is 171 cm³/mol. The predicted octanol–water partition coefficient (Wildman–Crippen LogP) is 3.33. The first kappa shape index (κ1) is 34.6. The molecule has 268 valence electrons. The Labute approximate surface area is 279 Å². The number of hydrogen-bond donors (Lipinski definition) is 5. The molecule has 7 rings (SSSR count). The number of aliphatic hydroxyl groups excluding tert-OH is 5. The molecule has 0 aromatic carbocycles. The summed E-state index contributed by atoms with van der Waals surface area (Å²) in [5, 5.41) is 54.8. The molecule has 2 saturated heterocycles. The van der Waals surface area contributed by atoms with Crippen LogP contribution in [0.3, 0.4) is 0 Å². The van der Waals surface area contributed by atoms with Crippen LogP contribution in [0.1, 0.15) is 107 Å². The number of carbonyl (C=O) groups excluding carboxylic acids is 1. The summed E-state index contributed by atoms with van der Waals surface area (Å²) in [5.41, 5.74) is -1.03. The van der Waals surface area contributed by atoms with E-state index in [4.69, 9.17) is 18.9 Å². The fourth-order valence-electron chi connectivity index (χ4n) is 13.5. The Hall–Kier alpha value is -0.850. The van der Waals surface area contributed by atoms with E-state index >= 15 is 0 Å². The average molecular weight is 665 g/mol. The molecule has 0 amide bonds. The third kappa shape index (κ3) is 4.60. The normalized spacial score (nSPS) is 55.0. The highest BCUT2D eigenvalue weighted by Gasteiger charge is 2.84. The van der Waals surface area contributed by atoms with Crippen LogP contribution in [-0.2, 0) is 23.7 Å². The molecule has 10 nitrogen and oxygen atoms in total. The summed E-state index contributed by atoms with van der Waals surface area (Å²) >= 11 is 0. The van der Waals surface area contributed by atoms with Gasteiger partial charge in [0.1, 0.15) is 30.5 Å². The van der Waals surface area contributed by atoms with Crippen LogP contribution in [0.2, 0.25) is 0 Å². The first-order valence-corrected chi connectivity index (χ1v) is 18.3. The SMILES string of the molecule is CC(=O)O[C@H](C[C@@H](C)[C@H]1[C@H](O)[C@H](O)[C@@]2(C)[C@@H]3CC[C@H]4C(C)(C)[C@@H](O[C@@H]5OC[C@@H](O)[C@H](O)[C@H]5O)CC[C@@]45C[C@@]35CC[C@]12C)[C@@H]1OC1(C)C. The molecule has 2 spiro atoms. The van der Waals surface area contributed by atoms with Gasteiger partial charge >= 0.3 is 5.97 Å². The molecule has 5 aliphatic carbocycles. The van der Waals surface area contributed by atoms with Gasteiger partial charge in [-0.1, -0.05) is 34.6 Å². The topological polar surface area (TPSA) is 158 Å². The molecule has 47 heavy (non-hydrogen) atoms. The summed E-state index contributed by atoms with van der Waals surface area (Å²) in [6.07, 6.45) is 0.423. The number of fused-ring (bicyclic) bond motifs is 2. The van der Waals surface area contributed by atoms with Crippen molar-refractivity contribution in [3.8, 4) is 0 Å². The molecule has 10 heteroatoms. The Kier molecular flexibility index (Phi) is 7.97. The van der Waals surface area contributed by atoms with Crippen molar-refractivity contribution >= 4 is 5.97 Å². The largest absolute Gasteiger partial charge is 0.460 e. The minimum absolute atomic E-state index is 0.0119. The molecule has 17 atom stereocenters. The summed E-state index contributed by atoms with van der Waals surface area (Å²) < 4.78 is 23.8. The molecular weight excluding hydrogens is 604 g/mol. The van der Waals surface area contributed by atoms with Gasteiger partial charge in [0.25, 0.3) is 0 Å². The molecule has 0 radical (unpaired) electrons. The number of epoxide rings is 1. The number of aliphatic hydroxyl groups is 5. The Bertz CT molecular complexity index is 1260. The monoisotopic (exact) mass is 664 g/mol. The third-order valence-electron chi connectivity index (χ3n) is 15.9. The summed E-state index contributed by atoms with van der Waals surface area (Å²) in [6, 6.07) is 0. The van der Waals surface area contributed by atoms with Gasteiger partial charge in [-0.2, -0.15) is 0 Å². The lowest BCUT2D eigenvalue weighted by Gasteiger charge is -2.64. The molecule has 0 aromatic rings. The quantitative estimate of drug-likeness (QED) is 0.155. The molecule has 7 aliphatic rings. The molecular formula is C37H60O10. The molecule has 5 saturated carbocycles. The lowest BCUT2D eigenvalue weighted by molar-refractivity contribution is -0.303. The Morgan fingerprint density at radius 3 is 2.15 bits per heavy atom. The standard InChI is InChI=1S/C37H60O10/c1-18(15-21(45-19(2)38)30-33(5,6)47-30)25-27(41)29(43)35(8)23-10-9-22-32(3,4)24(46-31-28(42)26(40)20(39)16-44-31)11-12-36(22)17-37(23,36)14-13-34(25,35)7/h18,20-31,39-43H,9-17H2,1-8H3/t18-,20-,21-,22+,23+,24+,25+,26+,27+,28-,29+,30+,31+,34-,35-,36-,37+/m1/s1. The second-order valence-electron chi connectivity index (χ2n) is 18.6. The third-order valence-corrected chi connectivity index (χ3v) is 15.9. The maximum absolute atomic E-state index is 12.1. The fourth-order valence-corrected chi connectivity index (χ4v) is 13.5. The van der Waals surface area contributed by atoms with Crippen molar-refractivity contribution in [1.82, 2.24) is 0 Å². The highest BCUT2D eigenvalue weighted by molar-refractivity contribution is 5.66. The fraction of sp³-hybridized carbons (Fsp3) is 0.973. The molecule has 0 aromatic heterocycles. The minimum atomic E-state index is -1.30. The average Bonchev–Trinajstić information content (AvgIpc) is 3.84. The van der Waals surface area contributed by atoms with E-state index in [-0.39, 0.29) is 75.9 Å². The van der Waals surface area contributed by atoms with Gasteiger partial charge in [-0.25, -0.2) is 0 Å². The molecule has 2 heterocycles. The van der Waals surface area contributed by atoms with E-state index in [0.29, 0.717) is 12.3 Å². The smallest absolute Gasteiger partial charge is 0.302 e. The van der Waals surface area contributed by atoms with E-state index < -0.39 is 42.2 Å². The maximum atomic E-state index is 12.1. The van der Waals surface area contributed by atoms with Crippen LogP contribution >= 0.6 is 0 Å². The van der Waals surface area contributed by atoms with Crippen molar-refractivity contribution in [2.45, 2.75) is 167 Å². The molecule has 0 bridgehead atoms. The van der Waals surface area contributed by atoms with Crippen LogP contribution in [0.15, 0.2) is 0 Å². The highest BCUT2D eigenvalue weighted by atomic mass is 16.7. The van der Waals surface area contributed by atoms with Gasteiger partial charge in [-0.05, 0) is 111 Å².